The van der Waals surface area contributed by atoms with Gasteiger partial charge in [0.2, 0.25) is 0 Å². The van der Waals surface area contributed by atoms with Crippen molar-refractivity contribution in [1.29, 1.82) is 0 Å². The molecule has 122 valence electrons. The van der Waals surface area contributed by atoms with Gasteiger partial charge in [-0.3, -0.25) is 4.90 Å². The quantitative estimate of drug-likeness (QED) is 0.875. The monoisotopic (exact) mass is 315 g/mol. The third-order valence-electron chi connectivity index (χ3n) is 4.15. The van der Waals surface area contributed by atoms with E-state index < -0.39 is 5.97 Å². The van der Waals surface area contributed by atoms with Crippen molar-refractivity contribution in [2.24, 2.45) is 0 Å². The fourth-order valence-corrected chi connectivity index (χ4v) is 2.85. The van der Waals surface area contributed by atoms with Crippen LogP contribution in [0.2, 0.25) is 0 Å². The molecule has 6 heteroatoms. The topological polar surface area (TPSA) is 67.6 Å². The van der Waals surface area contributed by atoms with Gasteiger partial charge >= 0.3 is 5.97 Å². The molecule has 1 aliphatic heterocycles. The van der Waals surface area contributed by atoms with E-state index in [1.54, 1.807) is 18.3 Å². The van der Waals surface area contributed by atoms with Crippen molar-refractivity contribution in [2.45, 2.75) is 13.0 Å². The molecule has 0 amide bonds. The first-order valence-corrected chi connectivity index (χ1v) is 7.85. The fourth-order valence-electron chi connectivity index (χ4n) is 2.85. The van der Waals surface area contributed by atoms with Crippen LogP contribution in [0.25, 0.3) is 0 Å². The molecular formula is C17H21N3O3. The zero-order valence-electron chi connectivity index (χ0n) is 13.0. The van der Waals surface area contributed by atoms with Gasteiger partial charge < -0.3 is 14.4 Å². The summed E-state index contributed by atoms with van der Waals surface area (Å²) in [4.78, 5) is 18.1. The second kappa shape index (κ2) is 7.39. The van der Waals surface area contributed by atoms with Gasteiger partial charge in [-0.1, -0.05) is 18.2 Å². The summed E-state index contributed by atoms with van der Waals surface area (Å²) in [5.74, 6) is 0.0901. The number of imidazole rings is 1. The van der Waals surface area contributed by atoms with Crippen LogP contribution in [-0.4, -0.2) is 58.4 Å². The van der Waals surface area contributed by atoms with Gasteiger partial charge in [0.05, 0.1) is 18.8 Å². The Kier molecular flexibility index (Phi) is 5.05. The third kappa shape index (κ3) is 3.97. The number of ether oxygens (including phenoxy) is 1. The largest absolute Gasteiger partial charge is 0.478 e. The maximum Gasteiger partial charge on any atom is 0.336 e. The third-order valence-corrected chi connectivity index (χ3v) is 4.15. The molecule has 0 bridgehead atoms. The molecule has 3 rings (SSSR count). The summed E-state index contributed by atoms with van der Waals surface area (Å²) in [5.41, 5.74) is 1.14. The zero-order valence-corrected chi connectivity index (χ0v) is 13.0. The van der Waals surface area contributed by atoms with Crippen molar-refractivity contribution < 1.29 is 14.6 Å². The maximum atomic E-state index is 11.3. The molecule has 1 saturated heterocycles. The average molecular weight is 315 g/mol. The van der Waals surface area contributed by atoms with Crippen LogP contribution in [0.15, 0.2) is 36.7 Å². The highest BCUT2D eigenvalue weighted by Gasteiger charge is 2.13. The number of carboxylic acid groups (broad SMARTS) is 1. The van der Waals surface area contributed by atoms with E-state index in [0.29, 0.717) is 12.1 Å². The molecule has 2 heterocycles. The van der Waals surface area contributed by atoms with Crippen molar-refractivity contribution >= 4 is 5.97 Å². The molecular weight excluding hydrogens is 294 g/mol. The maximum absolute atomic E-state index is 11.3. The van der Waals surface area contributed by atoms with Crippen LogP contribution in [0.1, 0.15) is 21.7 Å². The van der Waals surface area contributed by atoms with Crippen molar-refractivity contribution in [3.05, 3.63) is 53.6 Å². The van der Waals surface area contributed by atoms with E-state index in [1.807, 2.05) is 22.9 Å². The van der Waals surface area contributed by atoms with E-state index in [9.17, 15) is 9.90 Å². The molecule has 0 saturated carbocycles. The summed E-state index contributed by atoms with van der Waals surface area (Å²) in [6, 6.07) is 7.11. The van der Waals surface area contributed by atoms with E-state index in [-0.39, 0.29) is 0 Å². The highest BCUT2D eigenvalue weighted by atomic mass is 16.5. The van der Waals surface area contributed by atoms with Gasteiger partial charge in [0.1, 0.15) is 5.82 Å². The lowest BCUT2D eigenvalue weighted by Gasteiger charge is -2.26. The molecule has 0 atom stereocenters. The molecule has 0 radical (unpaired) electrons. The Morgan fingerprint density at radius 3 is 2.83 bits per heavy atom. The number of hydrogen-bond acceptors (Lipinski definition) is 4. The van der Waals surface area contributed by atoms with Crippen molar-refractivity contribution in [3.63, 3.8) is 0 Å². The predicted molar refractivity (Wildman–Crippen MR) is 85.7 cm³/mol. The number of rotatable bonds is 6. The lowest BCUT2D eigenvalue weighted by Crippen LogP contribution is -2.37. The number of morpholine rings is 1. The lowest BCUT2D eigenvalue weighted by molar-refractivity contribution is 0.0381. The second-order valence-corrected chi connectivity index (χ2v) is 5.64. The zero-order chi connectivity index (χ0) is 16.1. The number of hydrogen-bond donors (Lipinski definition) is 1. The molecule has 2 aromatic rings. The van der Waals surface area contributed by atoms with Crippen molar-refractivity contribution in [2.75, 3.05) is 32.8 Å². The summed E-state index contributed by atoms with van der Waals surface area (Å²) >= 11 is 0. The van der Waals surface area contributed by atoms with Crippen molar-refractivity contribution in [1.82, 2.24) is 14.5 Å². The summed E-state index contributed by atoms with van der Waals surface area (Å²) < 4.78 is 7.39. The molecule has 1 N–H and O–H groups in total. The van der Waals surface area contributed by atoms with Crippen LogP contribution in [0.5, 0.6) is 0 Å². The van der Waals surface area contributed by atoms with Gasteiger partial charge in [-0.2, -0.15) is 0 Å². The minimum atomic E-state index is -0.893. The molecule has 0 aliphatic carbocycles. The van der Waals surface area contributed by atoms with E-state index >= 15 is 0 Å². The first-order chi connectivity index (χ1) is 11.2. The number of aromatic carboxylic acids is 1. The second-order valence-electron chi connectivity index (χ2n) is 5.64. The lowest BCUT2D eigenvalue weighted by atomic mass is 10.1. The van der Waals surface area contributed by atoms with Crippen molar-refractivity contribution in [3.8, 4) is 0 Å². The Morgan fingerprint density at radius 2 is 2.04 bits per heavy atom. The Morgan fingerprint density at radius 1 is 1.26 bits per heavy atom. The SMILES string of the molecule is O=C(O)c1ccccc1Cn1ccnc1CCN1CCOCC1. The smallest absolute Gasteiger partial charge is 0.336 e. The van der Waals surface area contributed by atoms with Crippen LogP contribution in [0.3, 0.4) is 0 Å². The van der Waals surface area contributed by atoms with Crippen LogP contribution < -0.4 is 0 Å². The van der Waals surface area contributed by atoms with Crippen LogP contribution in [-0.2, 0) is 17.7 Å². The van der Waals surface area contributed by atoms with Crippen LogP contribution in [0.4, 0.5) is 0 Å². The summed E-state index contributed by atoms with van der Waals surface area (Å²) in [6.07, 6.45) is 4.54. The minimum absolute atomic E-state index is 0.348. The Hall–Kier alpha value is -2.18. The van der Waals surface area contributed by atoms with Gasteiger partial charge in [0.25, 0.3) is 0 Å². The predicted octanol–water partition coefficient (Wildman–Crippen LogP) is 1.50. The molecule has 0 unspecified atom stereocenters. The summed E-state index contributed by atoms with van der Waals surface area (Å²) in [7, 11) is 0. The van der Waals surface area contributed by atoms with E-state index in [1.165, 1.54) is 0 Å². The van der Waals surface area contributed by atoms with Crippen LogP contribution in [0, 0.1) is 0 Å². The Balaban J connectivity index is 1.67. The average Bonchev–Trinajstić information content (AvgIpc) is 3.01. The fraction of sp³-hybridized carbons (Fsp3) is 0.412. The number of benzene rings is 1. The molecule has 6 nitrogen and oxygen atoms in total. The van der Waals surface area contributed by atoms with Gasteiger partial charge in [-0.25, -0.2) is 9.78 Å². The van der Waals surface area contributed by atoms with Crippen LogP contribution >= 0.6 is 0 Å². The Bertz CT molecular complexity index is 663. The van der Waals surface area contributed by atoms with Gasteiger partial charge in [-0.15, -0.1) is 0 Å². The van der Waals surface area contributed by atoms with Gasteiger partial charge in [0.15, 0.2) is 0 Å². The standard InChI is InChI=1S/C17H21N3O3/c21-17(22)15-4-2-1-3-14(15)13-20-8-6-18-16(20)5-7-19-9-11-23-12-10-19/h1-4,6,8H,5,7,9-13H2,(H,21,22). The van der Waals surface area contributed by atoms with E-state index in [4.69, 9.17) is 4.74 Å². The number of aromatic nitrogens is 2. The number of nitrogens with zero attached hydrogens (tertiary/aromatic N) is 3. The normalized spacial score (nSPS) is 15.7. The first-order valence-electron chi connectivity index (χ1n) is 7.85. The minimum Gasteiger partial charge on any atom is -0.478 e. The Labute approximate surface area is 135 Å². The molecule has 0 spiro atoms. The molecule has 1 aromatic heterocycles. The highest BCUT2D eigenvalue weighted by molar-refractivity contribution is 5.89. The number of carbonyl (C=O) groups is 1. The molecule has 1 aliphatic rings. The summed E-state index contributed by atoms with van der Waals surface area (Å²) in [6.45, 7) is 4.98. The highest BCUT2D eigenvalue weighted by Crippen LogP contribution is 2.12. The van der Waals surface area contributed by atoms with E-state index in [2.05, 4.69) is 9.88 Å². The van der Waals surface area contributed by atoms with Gasteiger partial charge in [-0.05, 0) is 11.6 Å². The molecule has 1 aromatic carbocycles. The van der Waals surface area contributed by atoms with Gasteiger partial charge in [0, 0.05) is 45.0 Å². The van der Waals surface area contributed by atoms with E-state index in [0.717, 1.165) is 50.7 Å². The molecule has 23 heavy (non-hydrogen) atoms. The number of carboxylic acids is 1. The first kappa shape index (κ1) is 15.7. The molecule has 1 fully saturated rings. The summed E-state index contributed by atoms with van der Waals surface area (Å²) in [5, 5.41) is 9.29.